The molecule has 3 aromatic rings. The first-order chi connectivity index (χ1) is 15.1. The number of hydrogen-bond acceptors (Lipinski definition) is 5. The van der Waals surface area contributed by atoms with E-state index in [2.05, 4.69) is 15.3 Å². The maximum Gasteiger partial charge on any atom is 0.419 e. The summed E-state index contributed by atoms with van der Waals surface area (Å²) in [6.07, 6.45) is -2.57. The van der Waals surface area contributed by atoms with Gasteiger partial charge in [-0.3, -0.25) is 0 Å². The maximum absolute atomic E-state index is 14.3. The molecule has 3 N–H and O–H groups in total. The molecule has 0 amide bonds. The Bertz CT molecular complexity index is 1230. The van der Waals surface area contributed by atoms with Crippen LogP contribution in [0, 0.1) is 12.7 Å². The molecule has 2 atom stereocenters. The number of alkyl halides is 3. The molecule has 0 bridgehead atoms. The molecule has 0 spiro atoms. The zero-order valence-electron chi connectivity index (χ0n) is 17.3. The third-order valence-corrected chi connectivity index (χ3v) is 5.72. The number of aliphatic hydroxyl groups is 1. The van der Waals surface area contributed by atoms with Gasteiger partial charge in [0, 0.05) is 29.3 Å². The molecule has 0 fully saturated rings. The number of aromatic hydroxyl groups is 1. The molecular formula is C23H21F4N3O2. The predicted molar refractivity (Wildman–Crippen MR) is 113 cm³/mol. The molecule has 0 aliphatic heterocycles. The minimum atomic E-state index is -5.02. The van der Waals surface area contributed by atoms with E-state index in [1.165, 1.54) is 12.3 Å². The van der Waals surface area contributed by atoms with Crippen LogP contribution in [0.25, 0.3) is 16.5 Å². The molecule has 0 saturated heterocycles. The van der Waals surface area contributed by atoms with Crippen molar-refractivity contribution in [1.82, 2.24) is 9.97 Å². The first-order valence-corrected chi connectivity index (χ1v) is 10.1. The lowest BCUT2D eigenvalue weighted by atomic mass is 9.72. The highest BCUT2D eigenvalue weighted by Gasteiger charge is 2.62. The van der Waals surface area contributed by atoms with Gasteiger partial charge in [-0.05, 0) is 42.7 Å². The van der Waals surface area contributed by atoms with E-state index in [4.69, 9.17) is 0 Å². The van der Waals surface area contributed by atoms with Crippen LogP contribution in [-0.2, 0) is 0 Å². The van der Waals surface area contributed by atoms with Crippen LogP contribution in [0.15, 0.2) is 42.6 Å². The number of phenolic OH excluding ortho intramolecular Hbond substituents is 1. The average Bonchev–Trinajstić information content (AvgIpc) is 2.72. The van der Waals surface area contributed by atoms with Gasteiger partial charge < -0.3 is 15.5 Å². The lowest BCUT2D eigenvalue weighted by Gasteiger charge is -2.44. The molecule has 1 aliphatic carbocycles. The zero-order valence-corrected chi connectivity index (χ0v) is 17.3. The minimum absolute atomic E-state index is 0.0363. The number of fused-ring (bicyclic) bond motifs is 2. The number of halogens is 4. The quantitative estimate of drug-likeness (QED) is 0.467. The number of anilines is 1. The van der Waals surface area contributed by atoms with Crippen molar-refractivity contribution in [3.8, 4) is 5.75 Å². The molecule has 4 rings (SSSR count). The molecule has 0 saturated carbocycles. The van der Waals surface area contributed by atoms with E-state index in [0.29, 0.717) is 23.1 Å². The maximum atomic E-state index is 14.3. The number of phenols is 1. The van der Waals surface area contributed by atoms with Crippen LogP contribution in [0.4, 0.5) is 23.2 Å². The van der Waals surface area contributed by atoms with E-state index in [-0.39, 0.29) is 22.4 Å². The predicted octanol–water partition coefficient (Wildman–Crippen LogP) is 5.43. The van der Waals surface area contributed by atoms with Crippen molar-refractivity contribution < 1.29 is 27.8 Å². The molecule has 2 aromatic carbocycles. The second-order valence-corrected chi connectivity index (χ2v) is 7.83. The third kappa shape index (κ3) is 3.46. The monoisotopic (exact) mass is 447 g/mol. The highest BCUT2D eigenvalue weighted by atomic mass is 19.4. The van der Waals surface area contributed by atoms with Crippen molar-refractivity contribution in [3.05, 3.63) is 65.4 Å². The Kier molecular flexibility index (Phi) is 5.32. The lowest BCUT2D eigenvalue weighted by molar-refractivity contribution is -0.265. The second-order valence-electron chi connectivity index (χ2n) is 7.83. The van der Waals surface area contributed by atoms with E-state index in [1.54, 1.807) is 32.0 Å². The third-order valence-electron chi connectivity index (χ3n) is 5.72. The molecule has 1 heterocycles. The molecule has 168 valence electrons. The first-order valence-electron chi connectivity index (χ1n) is 10.1. The number of benzene rings is 2. The number of hydrogen-bond donors (Lipinski definition) is 3. The Balaban J connectivity index is 1.95. The van der Waals surface area contributed by atoms with Gasteiger partial charge in [0.15, 0.2) is 17.2 Å². The van der Waals surface area contributed by atoms with E-state index in [0.717, 1.165) is 12.1 Å². The summed E-state index contributed by atoms with van der Waals surface area (Å²) in [5.74, 6) is -1.19. The van der Waals surface area contributed by atoms with Gasteiger partial charge in [-0.25, -0.2) is 14.4 Å². The van der Waals surface area contributed by atoms with E-state index < -0.39 is 35.8 Å². The van der Waals surface area contributed by atoms with E-state index in [9.17, 15) is 27.8 Å². The highest BCUT2D eigenvalue weighted by molar-refractivity contribution is 5.91. The standard InChI is InChI=1S/C23H21F4N3O2/c1-3-5-13-10-22(32,23(25,26)27)21(14-8-9-16(24)20(31)19(13)14)30-18-7-4-6-17-15(18)11-28-12(2)29-17/h4-9,11,21,30-32H,3,10H2,1-2H3/b13-5-/t21-,22-/m0/s1. The summed E-state index contributed by atoms with van der Waals surface area (Å²) < 4.78 is 56.9. The largest absolute Gasteiger partial charge is 0.504 e. The Hall–Kier alpha value is -3.20. The van der Waals surface area contributed by atoms with E-state index in [1.807, 2.05) is 0 Å². The van der Waals surface area contributed by atoms with Crippen molar-refractivity contribution in [2.24, 2.45) is 0 Å². The number of nitrogens with one attached hydrogen (secondary N) is 1. The molecule has 1 aromatic heterocycles. The Morgan fingerprint density at radius 1 is 1.25 bits per heavy atom. The summed E-state index contributed by atoms with van der Waals surface area (Å²) in [7, 11) is 0. The van der Waals surface area contributed by atoms with Gasteiger partial charge >= 0.3 is 6.18 Å². The molecular weight excluding hydrogens is 426 g/mol. The van der Waals surface area contributed by atoms with Crippen molar-refractivity contribution in [1.29, 1.82) is 0 Å². The smallest absolute Gasteiger partial charge is 0.419 e. The number of rotatable bonds is 3. The van der Waals surface area contributed by atoms with Gasteiger partial charge in [0.25, 0.3) is 0 Å². The number of aryl methyl sites for hydroxylation is 1. The normalized spacial score (nSPS) is 22.2. The van der Waals surface area contributed by atoms with Crippen LogP contribution in [0.5, 0.6) is 5.75 Å². The molecule has 5 nitrogen and oxygen atoms in total. The van der Waals surface area contributed by atoms with Gasteiger partial charge in [-0.1, -0.05) is 25.1 Å². The highest BCUT2D eigenvalue weighted by Crippen LogP contribution is 2.54. The summed E-state index contributed by atoms with van der Waals surface area (Å²) in [6.45, 7) is 3.40. The van der Waals surface area contributed by atoms with Crippen LogP contribution >= 0.6 is 0 Å². The summed E-state index contributed by atoms with van der Waals surface area (Å²) in [5.41, 5.74) is -2.48. The van der Waals surface area contributed by atoms with Crippen LogP contribution in [0.1, 0.15) is 42.8 Å². The van der Waals surface area contributed by atoms with Crippen molar-refractivity contribution in [3.63, 3.8) is 0 Å². The Morgan fingerprint density at radius 2 is 2.00 bits per heavy atom. The second kappa shape index (κ2) is 7.74. The number of aromatic nitrogens is 2. The van der Waals surface area contributed by atoms with Crippen LogP contribution in [-0.4, -0.2) is 32.0 Å². The molecule has 0 radical (unpaired) electrons. The Labute approximate surface area is 181 Å². The molecule has 0 unspecified atom stereocenters. The van der Waals surface area contributed by atoms with E-state index >= 15 is 0 Å². The molecule has 9 heteroatoms. The van der Waals surface area contributed by atoms with Gasteiger partial charge in [0.1, 0.15) is 5.82 Å². The van der Waals surface area contributed by atoms with Gasteiger partial charge in [0.05, 0.1) is 11.6 Å². The SMILES string of the molecule is CC/C=C1/C[C@@](O)(C(F)(F)F)[C@@H](Nc2cccc3nc(C)ncc23)c2ccc(F)c(O)c21. The first kappa shape index (κ1) is 22.0. The average molecular weight is 447 g/mol. The molecule has 1 aliphatic rings. The number of nitrogens with zero attached hydrogens (tertiary/aromatic N) is 2. The number of allylic oxidation sites excluding steroid dienone is 1. The minimum Gasteiger partial charge on any atom is -0.504 e. The lowest BCUT2D eigenvalue weighted by Crippen LogP contribution is -2.54. The van der Waals surface area contributed by atoms with Crippen molar-refractivity contribution in [2.75, 3.05) is 5.32 Å². The fourth-order valence-electron chi connectivity index (χ4n) is 4.21. The zero-order chi connectivity index (χ0) is 23.3. The summed E-state index contributed by atoms with van der Waals surface area (Å²) >= 11 is 0. The van der Waals surface area contributed by atoms with Crippen LogP contribution in [0.3, 0.4) is 0 Å². The fourth-order valence-corrected chi connectivity index (χ4v) is 4.21. The van der Waals surface area contributed by atoms with Gasteiger partial charge in [-0.15, -0.1) is 0 Å². The fraction of sp³-hybridized carbons (Fsp3) is 0.304. The van der Waals surface area contributed by atoms with Gasteiger partial charge in [0.2, 0.25) is 0 Å². The van der Waals surface area contributed by atoms with Crippen molar-refractivity contribution in [2.45, 2.75) is 44.5 Å². The van der Waals surface area contributed by atoms with Gasteiger partial charge in [-0.2, -0.15) is 13.2 Å². The Morgan fingerprint density at radius 3 is 2.69 bits per heavy atom. The topological polar surface area (TPSA) is 78.3 Å². The van der Waals surface area contributed by atoms with Crippen molar-refractivity contribution >= 4 is 22.2 Å². The summed E-state index contributed by atoms with van der Waals surface area (Å²) in [6, 6.07) is 5.21. The summed E-state index contributed by atoms with van der Waals surface area (Å²) in [5, 5.41) is 24.6. The van der Waals surface area contributed by atoms with Crippen LogP contribution in [0.2, 0.25) is 0 Å². The molecule has 32 heavy (non-hydrogen) atoms. The summed E-state index contributed by atoms with van der Waals surface area (Å²) in [4.78, 5) is 8.40. The van der Waals surface area contributed by atoms with Crippen LogP contribution < -0.4 is 5.32 Å².